The van der Waals surface area contributed by atoms with Crippen molar-refractivity contribution in [3.8, 4) is 0 Å². The summed E-state index contributed by atoms with van der Waals surface area (Å²) < 4.78 is 10.7. The van der Waals surface area contributed by atoms with Crippen LogP contribution in [0.4, 0.5) is 0 Å². The topological polar surface area (TPSA) is 87.8 Å². The van der Waals surface area contributed by atoms with Crippen molar-refractivity contribution in [2.24, 2.45) is 4.99 Å². The number of nitrogens with one attached hydrogen (secondary N) is 2. The summed E-state index contributed by atoms with van der Waals surface area (Å²) >= 11 is 0. The fourth-order valence-electron chi connectivity index (χ4n) is 2.27. The molecular formula is C16H31IN6O2. The Hall–Kier alpha value is -0.940. The lowest BCUT2D eigenvalue weighted by Crippen LogP contribution is -2.44. The first kappa shape index (κ1) is 22.1. The smallest absolute Gasteiger partial charge is 0.232 e. The number of halogens is 1. The predicted molar refractivity (Wildman–Crippen MR) is 108 cm³/mol. The Labute approximate surface area is 167 Å². The Balaban J connectivity index is 0.00000312. The van der Waals surface area contributed by atoms with Gasteiger partial charge in [0.2, 0.25) is 5.89 Å². The molecule has 1 aromatic rings. The van der Waals surface area contributed by atoms with Gasteiger partial charge >= 0.3 is 0 Å². The van der Waals surface area contributed by atoms with Crippen LogP contribution < -0.4 is 10.6 Å². The van der Waals surface area contributed by atoms with Crippen LogP contribution in [0.25, 0.3) is 0 Å². The van der Waals surface area contributed by atoms with Crippen LogP contribution in [0.15, 0.2) is 9.52 Å². The number of ether oxygens (including phenoxy) is 1. The number of aliphatic imine (C=N–C) groups is 1. The molecule has 8 nitrogen and oxygen atoms in total. The summed E-state index contributed by atoms with van der Waals surface area (Å²) in [6, 6.07) is 0. The van der Waals surface area contributed by atoms with E-state index in [1.54, 1.807) is 0 Å². The van der Waals surface area contributed by atoms with Gasteiger partial charge in [-0.3, -0.25) is 4.90 Å². The van der Waals surface area contributed by atoms with Gasteiger partial charge in [-0.1, -0.05) is 25.9 Å². The zero-order valence-corrected chi connectivity index (χ0v) is 18.0. The minimum Gasteiger partial charge on any atom is -0.379 e. The Bertz CT molecular complexity index is 523. The Morgan fingerprint density at radius 3 is 2.56 bits per heavy atom. The highest BCUT2D eigenvalue weighted by atomic mass is 127. The van der Waals surface area contributed by atoms with Crippen molar-refractivity contribution in [2.45, 2.75) is 39.7 Å². The molecule has 0 unspecified atom stereocenters. The quantitative estimate of drug-likeness (QED) is 0.372. The van der Waals surface area contributed by atoms with Crippen LogP contribution in [0.1, 0.15) is 39.4 Å². The highest BCUT2D eigenvalue weighted by Crippen LogP contribution is 2.19. The minimum atomic E-state index is -0.143. The molecule has 0 aliphatic carbocycles. The summed E-state index contributed by atoms with van der Waals surface area (Å²) in [5.74, 6) is 2.01. The number of rotatable bonds is 6. The van der Waals surface area contributed by atoms with Crippen molar-refractivity contribution in [1.29, 1.82) is 0 Å². The lowest BCUT2D eigenvalue weighted by Gasteiger charge is -2.26. The van der Waals surface area contributed by atoms with E-state index in [9.17, 15) is 0 Å². The lowest BCUT2D eigenvalue weighted by atomic mass is 9.97. The Kier molecular flexibility index (Phi) is 9.65. The van der Waals surface area contributed by atoms with Gasteiger partial charge in [-0.05, 0) is 6.92 Å². The summed E-state index contributed by atoms with van der Waals surface area (Å²) in [6.07, 6.45) is 0. The van der Waals surface area contributed by atoms with Gasteiger partial charge in [0.1, 0.15) is 6.54 Å². The normalized spacial score (nSPS) is 16.4. The predicted octanol–water partition coefficient (Wildman–Crippen LogP) is 1.37. The zero-order chi connectivity index (χ0) is 17.4. The molecule has 1 saturated heterocycles. The summed E-state index contributed by atoms with van der Waals surface area (Å²) in [5, 5.41) is 10.6. The second-order valence-electron chi connectivity index (χ2n) is 6.84. The Morgan fingerprint density at radius 1 is 1.24 bits per heavy atom. The molecule has 1 aliphatic heterocycles. The molecule has 0 spiro atoms. The molecule has 0 amide bonds. The van der Waals surface area contributed by atoms with E-state index in [4.69, 9.17) is 9.26 Å². The van der Waals surface area contributed by atoms with Crippen molar-refractivity contribution in [3.05, 3.63) is 11.7 Å². The second kappa shape index (κ2) is 10.9. The van der Waals surface area contributed by atoms with E-state index >= 15 is 0 Å². The first-order valence-corrected chi connectivity index (χ1v) is 8.64. The molecule has 1 aliphatic rings. The van der Waals surface area contributed by atoms with Crippen molar-refractivity contribution < 1.29 is 9.26 Å². The molecule has 2 rings (SSSR count). The van der Waals surface area contributed by atoms with Crippen molar-refractivity contribution in [3.63, 3.8) is 0 Å². The largest absolute Gasteiger partial charge is 0.379 e. The number of nitrogens with zero attached hydrogens (tertiary/aromatic N) is 4. The molecule has 0 saturated carbocycles. The van der Waals surface area contributed by atoms with E-state index in [1.165, 1.54) is 0 Å². The maximum atomic E-state index is 5.36. The third kappa shape index (κ3) is 7.87. The monoisotopic (exact) mass is 466 g/mol. The lowest BCUT2D eigenvalue weighted by molar-refractivity contribution is 0.0389. The maximum absolute atomic E-state index is 5.36. The molecule has 0 atom stereocenters. The summed E-state index contributed by atoms with van der Waals surface area (Å²) in [6.45, 7) is 14.8. The first-order valence-electron chi connectivity index (χ1n) is 8.64. The van der Waals surface area contributed by atoms with E-state index < -0.39 is 0 Å². The number of guanidine groups is 1. The van der Waals surface area contributed by atoms with E-state index in [-0.39, 0.29) is 29.4 Å². The third-order valence-electron chi connectivity index (χ3n) is 3.66. The molecule has 25 heavy (non-hydrogen) atoms. The summed E-state index contributed by atoms with van der Waals surface area (Å²) in [5.41, 5.74) is -0.143. The number of aromatic nitrogens is 2. The van der Waals surface area contributed by atoms with Gasteiger partial charge < -0.3 is 19.9 Å². The summed E-state index contributed by atoms with van der Waals surface area (Å²) in [7, 11) is 0. The second-order valence-corrected chi connectivity index (χ2v) is 6.84. The van der Waals surface area contributed by atoms with Crippen LogP contribution in [0.3, 0.4) is 0 Å². The van der Waals surface area contributed by atoms with Gasteiger partial charge in [-0.15, -0.1) is 24.0 Å². The number of morpholine rings is 1. The van der Waals surface area contributed by atoms with Crippen molar-refractivity contribution in [2.75, 3.05) is 45.9 Å². The van der Waals surface area contributed by atoms with Crippen LogP contribution in [0, 0.1) is 0 Å². The molecule has 0 aromatic carbocycles. The van der Waals surface area contributed by atoms with Gasteiger partial charge in [0.25, 0.3) is 0 Å². The molecule has 1 fully saturated rings. The van der Waals surface area contributed by atoms with E-state index in [0.717, 1.165) is 51.9 Å². The highest BCUT2D eigenvalue weighted by molar-refractivity contribution is 14.0. The maximum Gasteiger partial charge on any atom is 0.232 e. The van der Waals surface area contributed by atoms with Gasteiger partial charge in [-0.2, -0.15) is 4.98 Å². The highest BCUT2D eigenvalue weighted by Gasteiger charge is 2.21. The minimum absolute atomic E-state index is 0. The average molecular weight is 466 g/mol. The van der Waals surface area contributed by atoms with E-state index in [1.807, 2.05) is 27.7 Å². The van der Waals surface area contributed by atoms with Crippen LogP contribution in [0.5, 0.6) is 0 Å². The fraction of sp³-hybridized carbons (Fsp3) is 0.812. The molecule has 0 radical (unpaired) electrons. The number of hydrogen-bond donors (Lipinski definition) is 2. The number of hydrogen-bond acceptors (Lipinski definition) is 6. The van der Waals surface area contributed by atoms with Gasteiger partial charge in [-0.25, -0.2) is 4.99 Å². The first-order chi connectivity index (χ1) is 11.5. The Morgan fingerprint density at radius 2 is 1.96 bits per heavy atom. The molecule has 1 aromatic heterocycles. The van der Waals surface area contributed by atoms with Gasteiger partial charge in [0, 0.05) is 38.1 Å². The summed E-state index contributed by atoms with van der Waals surface area (Å²) in [4.78, 5) is 11.3. The van der Waals surface area contributed by atoms with Crippen LogP contribution in [0.2, 0.25) is 0 Å². The zero-order valence-electron chi connectivity index (χ0n) is 15.7. The standard InChI is InChI=1S/C16H30N6O2.HI/c1-5-17-15(18-6-7-22-8-10-23-11-9-22)19-12-13-20-14(24-21-13)16(2,3)4;/h5-12H2,1-4H3,(H2,17,18,19);1H. The van der Waals surface area contributed by atoms with Crippen LogP contribution >= 0.6 is 24.0 Å². The van der Waals surface area contributed by atoms with Gasteiger partial charge in [0.05, 0.1) is 13.2 Å². The molecule has 144 valence electrons. The van der Waals surface area contributed by atoms with E-state index in [0.29, 0.717) is 18.3 Å². The molecule has 9 heteroatoms. The van der Waals surface area contributed by atoms with Crippen molar-refractivity contribution >= 4 is 29.9 Å². The van der Waals surface area contributed by atoms with Crippen LogP contribution in [-0.4, -0.2) is 66.9 Å². The molecule has 0 bridgehead atoms. The SMILES string of the molecule is CCNC(=NCc1noc(C(C)(C)C)n1)NCCN1CCOCC1.I. The molecular weight excluding hydrogens is 435 g/mol. The molecule has 2 heterocycles. The van der Waals surface area contributed by atoms with E-state index in [2.05, 4.69) is 30.7 Å². The molecule has 2 N–H and O–H groups in total. The third-order valence-corrected chi connectivity index (χ3v) is 3.66. The average Bonchev–Trinajstić information content (AvgIpc) is 3.03. The van der Waals surface area contributed by atoms with Gasteiger partial charge in [0.15, 0.2) is 11.8 Å². The van der Waals surface area contributed by atoms with Crippen LogP contribution in [-0.2, 0) is 16.7 Å². The fourth-order valence-corrected chi connectivity index (χ4v) is 2.27. The van der Waals surface area contributed by atoms with Crippen molar-refractivity contribution in [1.82, 2.24) is 25.7 Å².